The molecule has 0 saturated carbocycles. The molecule has 0 bridgehead atoms. The van der Waals surface area contributed by atoms with Gasteiger partial charge in [-0.2, -0.15) is 0 Å². The van der Waals surface area contributed by atoms with Crippen molar-refractivity contribution in [3.8, 4) is 0 Å². The summed E-state index contributed by atoms with van der Waals surface area (Å²) in [5, 5.41) is 0. The summed E-state index contributed by atoms with van der Waals surface area (Å²) in [5.41, 5.74) is 1.32. The van der Waals surface area contributed by atoms with E-state index < -0.39 is 11.8 Å². The first-order valence-corrected chi connectivity index (χ1v) is 7.04. The van der Waals surface area contributed by atoms with E-state index in [-0.39, 0.29) is 40.5 Å². The second-order valence-corrected chi connectivity index (χ2v) is 5.04. The number of allylic oxidation sites excluding steroid dienone is 3. The molecule has 0 unspecified atom stereocenters. The number of rotatable bonds is 4. The van der Waals surface area contributed by atoms with Crippen LogP contribution in [0, 0.1) is 0 Å². The van der Waals surface area contributed by atoms with Crippen molar-refractivity contribution in [3.05, 3.63) is 52.1 Å². The summed E-state index contributed by atoms with van der Waals surface area (Å²) < 4.78 is 10.2. The molecule has 1 heterocycles. The van der Waals surface area contributed by atoms with E-state index in [1.54, 1.807) is 19.9 Å². The molecule has 0 amide bonds. The first-order valence-electron chi connectivity index (χ1n) is 7.04. The third-order valence-corrected chi connectivity index (χ3v) is 3.69. The molecule has 6 heteroatoms. The topological polar surface area (TPSA) is 82.6 Å². The van der Waals surface area contributed by atoms with Crippen LogP contribution in [0.1, 0.15) is 47.2 Å². The molecule has 23 heavy (non-hydrogen) atoms. The highest BCUT2D eigenvalue weighted by molar-refractivity contribution is 6.26. The fourth-order valence-electron chi connectivity index (χ4n) is 2.26. The maximum Gasteiger partial charge on any atom is 0.333 e. The van der Waals surface area contributed by atoms with Crippen LogP contribution in [0.4, 0.5) is 0 Å². The fraction of sp³-hybridized carbons (Fsp3) is 0.294. The van der Waals surface area contributed by atoms with Crippen LogP contribution in [0.25, 0.3) is 0 Å². The molecule has 0 spiro atoms. The summed E-state index contributed by atoms with van der Waals surface area (Å²) in [5.74, 6) is -1.23. The number of ether oxygens (including phenoxy) is 2. The minimum Gasteiger partial charge on any atom is -0.492 e. The molecule has 1 aromatic heterocycles. The minimum absolute atomic E-state index is 0.00675. The monoisotopic (exact) mass is 315 g/mol. The Morgan fingerprint density at radius 2 is 2.00 bits per heavy atom. The molecule has 0 saturated heterocycles. The third-order valence-electron chi connectivity index (χ3n) is 3.69. The molecular formula is C17H17NO5. The number of aromatic nitrogens is 1. The van der Waals surface area contributed by atoms with Gasteiger partial charge in [0.2, 0.25) is 5.78 Å². The number of Topliss-reactive ketones (excluding diaryl/α,β-unsaturated/α-hetero) is 2. The number of nitrogens with zero attached hydrogens (tertiary/aromatic N) is 1. The van der Waals surface area contributed by atoms with Gasteiger partial charge in [0.15, 0.2) is 11.5 Å². The average Bonchev–Trinajstić information content (AvgIpc) is 2.57. The lowest BCUT2D eigenvalue weighted by molar-refractivity contribution is -0.140. The average molecular weight is 315 g/mol. The second kappa shape index (κ2) is 6.56. The fourth-order valence-corrected chi connectivity index (χ4v) is 2.26. The number of hydrogen-bond acceptors (Lipinski definition) is 6. The smallest absolute Gasteiger partial charge is 0.333 e. The minimum atomic E-state index is -0.500. The number of carbonyl (C=O) groups is 3. The lowest BCUT2D eigenvalue weighted by atomic mass is 9.88. The number of ketones is 2. The van der Waals surface area contributed by atoms with Crippen LogP contribution in [-0.2, 0) is 20.9 Å². The van der Waals surface area contributed by atoms with Crippen LogP contribution in [0.3, 0.4) is 0 Å². The van der Waals surface area contributed by atoms with Gasteiger partial charge in [0.25, 0.3) is 0 Å². The Bertz CT molecular complexity index is 758. The van der Waals surface area contributed by atoms with E-state index in [9.17, 15) is 14.4 Å². The Morgan fingerprint density at radius 1 is 1.30 bits per heavy atom. The van der Waals surface area contributed by atoms with Crippen molar-refractivity contribution in [2.24, 2.45) is 0 Å². The van der Waals surface area contributed by atoms with Crippen molar-refractivity contribution in [1.82, 2.24) is 4.98 Å². The first kappa shape index (κ1) is 16.6. The molecule has 1 aliphatic rings. The van der Waals surface area contributed by atoms with Crippen molar-refractivity contribution >= 4 is 17.5 Å². The SMILES string of the molecule is C/C=C(\C)C(=O)OCc1nccc2c1C(=O)C(OC)=C(C)C2=O. The lowest BCUT2D eigenvalue weighted by Gasteiger charge is -2.19. The number of esters is 1. The molecule has 0 atom stereocenters. The summed E-state index contributed by atoms with van der Waals surface area (Å²) in [6.45, 7) is 4.69. The standard InChI is InChI=1S/C17H17NO5/c1-5-9(2)17(21)23-8-12-13-11(6-7-18-12)14(19)10(3)16(22-4)15(13)20/h5-7H,8H2,1-4H3/b9-5+. The highest BCUT2D eigenvalue weighted by Crippen LogP contribution is 2.28. The van der Waals surface area contributed by atoms with Gasteiger partial charge in [0.05, 0.1) is 18.4 Å². The molecule has 1 aromatic rings. The van der Waals surface area contributed by atoms with Gasteiger partial charge in [-0.25, -0.2) is 4.79 Å². The van der Waals surface area contributed by atoms with Crippen LogP contribution in [0.15, 0.2) is 35.2 Å². The second-order valence-electron chi connectivity index (χ2n) is 5.04. The zero-order valence-electron chi connectivity index (χ0n) is 13.4. The van der Waals surface area contributed by atoms with Gasteiger partial charge >= 0.3 is 5.97 Å². The molecule has 1 aliphatic carbocycles. The van der Waals surface area contributed by atoms with Crippen molar-refractivity contribution in [1.29, 1.82) is 0 Å². The van der Waals surface area contributed by atoms with Crippen LogP contribution in [-0.4, -0.2) is 29.6 Å². The highest BCUT2D eigenvalue weighted by Gasteiger charge is 2.33. The van der Waals surface area contributed by atoms with Crippen molar-refractivity contribution in [2.45, 2.75) is 27.4 Å². The number of hydrogen-bond donors (Lipinski definition) is 0. The van der Waals surface area contributed by atoms with Gasteiger partial charge in [-0.1, -0.05) is 6.08 Å². The van der Waals surface area contributed by atoms with E-state index >= 15 is 0 Å². The molecule has 2 rings (SSSR count). The molecule has 0 radical (unpaired) electrons. The summed E-state index contributed by atoms with van der Waals surface area (Å²) >= 11 is 0. The van der Waals surface area contributed by atoms with Gasteiger partial charge in [0.1, 0.15) is 6.61 Å². The van der Waals surface area contributed by atoms with Crippen LogP contribution < -0.4 is 0 Å². The first-order chi connectivity index (χ1) is 10.9. The summed E-state index contributed by atoms with van der Waals surface area (Å²) in [6, 6.07) is 1.48. The Morgan fingerprint density at radius 3 is 2.61 bits per heavy atom. The molecule has 6 nitrogen and oxygen atoms in total. The van der Waals surface area contributed by atoms with Gasteiger partial charge in [-0.3, -0.25) is 14.6 Å². The van der Waals surface area contributed by atoms with E-state index in [1.165, 1.54) is 26.3 Å². The van der Waals surface area contributed by atoms with Crippen LogP contribution in [0.2, 0.25) is 0 Å². The third kappa shape index (κ3) is 2.92. The van der Waals surface area contributed by atoms with Crippen LogP contribution in [0.5, 0.6) is 0 Å². The van der Waals surface area contributed by atoms with Gasteiger partial charge in [-0.15, -0.1) is 0 Å². The lowest BCUT2D eigenvalue weighted by Crippen LogP contribution is -2.24. The summed E-state index contributed by atoms with van der Waals surface area (Å²) in [7, 11) is 1.33. The zero-order valence-corrected chi connectivity index (χ0v) is 13.4. The molecule has 120 valence electrons. The van der Waals surface area contributed by atoms with Gasteiger partial charge in [0, 0.05) is 22.9 Å². The summed E-state index contributed by atoms with van der Waals surface area (Å²) in [4.78, 5) is 40.7. The molecule has 0 fully saturated rings. The van der Waals surface area contributed by atoms with E-state index in [4.69, 9.17) is 9.47 Å². The molecule has 0 aliphatic heterocycles. The Balaban J connectivity index is 2.40. The largest absolute Gasteiger partial charge is 0.492 e. The normalized spacial score (nSPS) is 14.7. The summed E-state index contributed by atoms with van der Waals surface area (Å²) in [6.07, 6.45) is 3.04. The highest BCUT2D eigenvalue weighted by atomic mass is 16.5. The zero-order chi connectivity index (χ0) is 17.1. The number of fused-ring (bicyclic) bond motifs is 1. The Labute approximate surface area is 133 Å². The maximum absolute atomic E-state index is 12.5. The van der Waals surface area contributed by atoms with E-state index in [2.05, 4.69) is 4.98 Å². The van der Waals surface area contributed by atoms with Gasteiger partial charge in [-0.05, 0) is 26.8 Å². The van der Waals surface area contributed by atoms with Gasteiger partial charge < -0.3 is 9.47 Å². The Kier molecular flexibility index (Phi) is 4.74. The predicted octanol–water partition coefficient (Wildman–Crippen LogP) is 2.39. The Hall–Kier alpha value is -2.76. The quantitative estimate of drug-likeness (QED) is 0.627. The van der Waals surface area contributed by atoms with E-state index in [0.717, 1.165) is 0 Å². The van der Waals surface area contributed by atoms with Crippen LogP contribution >= 0.6 is 0 Å². The molecular weight excluding hydrogens is 298 g/mol. The predicted molar refractivity (Wildman–Crippen MR) is 81.8 cm³/mol. The molecule has 0 N–H and O–H groups in total. The van der Waals surface area contributed by atoms with Crippen molar-refractivity contribution in [3.63, 3.8) is 0 Å². The van der Waals surface area contributed by atoms with Crippen molar-refractivity contribution < 1.29 is 23.9 Å². The van der Waals surface area contributed by atoms with E-state index in [1.807, 2.05) is 0 Å². The van der Waals surface area contributed by atoms with Crippen molar-refractivity contribution in [2.75, 3.05) is 7.11 Å². The van der Waals surface area contributed by atoms with E-state index in [0.29, 0.717) is 5.57 Å². The maximum atomic E-state index is 12.5. The molecule has 0 aromatic carbocycles. The number of carbonyl (C=O) groups excluding carboxylic acids is 3. The number of pyridine rings is 1. The number of methoxy groups -OCH3 is 1.